The van der Waals surface area contributed by atoms with Crippen LogP contribution in [0.15, 0.2) is 30.3 Å². The fraction of sp³-hybridized carbons (Fsp3) is 0. The average Bonchev–Trinajstić information content (AvgIpc) is 2.26. The normalized spacial score (nSPS) is 10.1. The second-order valence-corrected chi connectivity index (χ2v) is 2.98. The number of hydrogen-bond donors (Lipinski definition) is 2. The highest BCUT2D eigenvalue weighted by atomic mass is 16.6. The number of benzene rings is 1. The van der Waals surface area contributed by atoms with E-state index in [0.717, 1.165) is 6.08 Å². The SMILES string of the molecule is O=C(O)NC(=O)C=Cc1ccc([N+](=O)[O-])cc1. The Hall–Kier alpha value is -2.70. The summed E-state index contributed by atoms with van der Waals surface area (Å²) in [5, 5.41) is 20.2. The third kappa shape index (κ3) is 4.12. The van der Waals surface area contributed by atoms with Crippen molar-refractivity contribution in [3.8, 4) is 0 Å². The Bertz CT molecular complexity index is 478. The van der Waals surface area contributed by atoms with Gasteiger partial charge in [0, 0.05) is 18.2 Å². The maximum absolute atomic E-state index is 10.9. The molecule has 0 spiro atoms. The first-order valence-electron chi connectivity index (χ1n) is 4.45. The van der Waals surface area contributed by atoms with E-state index in [1.807, 2.05) is 0 Å². The summed E-state index contributed by atoms with van der Waals surface area (Å²) in [5.74, 6) is -0.782. The maximum Gasteiger partial charge on any atom is 0.411 e. The molecule has 0 radical (unpaired) electrons. The highest BCUT2D eigenvalue weighted by molar-refractivity contribution is 6.00. The summed E-state index contributed by atoms with van der Waals surface area (Å²) in [5.41, 5.74) is 0.494. The van der Waals surface area contributed by atoms with Gasteiger partial charge in [0.1, 0.15) is 0 Å². The molecule has 88 valence electrons. The number of hydrogen-bond acceptors (Lipinski definition) is 4. The van der Waals surface area contributed by atoms with E-state index in [-0.39, 0.29) is 5.69 Å². The topological polar surface area (TPSA) is 110 Å². The molecule has 0 aliphatic heterocycles. The van der Waals surface area contributed by atoms with Gasteiger partial charge in [0.05, 0.1) is 4.92 Å². The van der Waals surface area contributed by atoms with Crippen LogP contribution in [0, 0.1) is 10.1 Å². The van der Waals surface area contributed by atoms with Crippen molar-refractivity contribution in [2.24, 2.45) is 0 Å². The summed E-state index contributed by atoms with van der Waals surface area (Å²) in [7, 11) is 0. The molecule has 0 aromatic heterocycles. The molecule has 17 heavy (non-hydrogen) atoms. The Morgan fingerprint density at radius 1 is 1.29 bits per heavy atom. The van der Waals surface area contributed by atoms with Crippen LogP contribution < -0.4 is 5.32 Å². The van der Waals surface area contributed by atoms with E-state index in [1.165, 1.54) is 30.3 Å². The van der Waals surface area contributed by atoms with Crippen molar-refractivity contribution in [1.29, 1.82) is 0 Å². The van der Waals surface area contributed by atoms with Crippen molar-refractivity contribution in [3.63, 3.8) is 0 Å². The lowest BCUT2D eigenvalue weighted by Crippen LogP contribution is -2.26. The van der Waals surface area contributed by atoms with Crippen molar-refractivity contribution in [3.05, 3.63) is 46.0 Å². The van der Waals surface area contributed by atoms with Crippen LogP contribution in [0.5, 0.6) is 0 Å². The lowest BCUT2D eigenvalue weighted by molar-refractivity contribution is -0.384. The third-order valence-corrected chi connectivity index (χ3v) is 1.76. The molecule has 0 saturated heterocycles. The fourth-order valence-corrected chi connectivity index (χ4v) is 1.03. The van der Waals surface area contributed by atoms with E-state index in [9.17, 15) is 19.7 Å². The molecule has 7 nitrogen and oxygen atoms in total. The van der Waals surface area contributed by atoms with Gasteiger partial charge in [0.25, 0.3) is 11.6 Å². The molecule has 0 heterocycles. The molecule has 0 aliphatic rings. The number of nitrogens with zero attached hydrogens (tertiary/aromatic N) is 1. The highest BCUT2D eigenvalue weighted by Gasteiger charge is 2.03. The predicted octanol–water partition coefficient (Wildman–Crippen LogP) is 1.40. The van der Waals surface area contributed by atoms with Gasteiger partial charge in [0.2, 0.25) is 0 Å². The number of amides is 2. The number of nitro groups is 1. The second-order valence-electron chi connectivity index (χ2n) is 2.98. The minimum Gasteiger partial charge on any atom is -0.465 e. The van der Waals surface area contributed by atoms with Gasteiger partial charge < -0.3 is 5.11 Å². The van der Waals surface area contributed by atoms with Crippen molar-refractivity contribution in [2.45, 2.75) is 0 Å². The summed E-state index contributed by atoms with van der Waals surface area (Å²) in [6, 6.07) is 5.47. The van der Waals surface area contributed by atoms with Gasteiger partial charge in [-0.3, -0.25) is 20.2 Å². The average molecular weight is 236 g/mol. The van der Waals surface area contributed by atoms with Crippen LogP contribution in [-0.4, -0.2) is 22.0 Å². The molecule has 2 amide bonds. The number of non-ortho nitro benzene ring substituents is 1. The van der Waals surface area contributed by atoms with Crippen LogP contribution in [0.4, 0.5) is 10.5 Å². The van der Waals surface area contributed by atoms with Crippen molar-refractivity contribution < 1.29 is 19.6 Å². The van der Waals surface area contributed by atoms with E-state index in [2.05, 4.69) is 0 Å². The summed E-state index contributed by atoms with van der Waals surface area (Å²) in [6.45, 7) is 0. The van der Waals surface area contributed by atoms with Crippen molar-refractivity contribution >= 4 is 23.8 Å². The second kappa shape index (κ2) is 5.40. The molecule has 0 atom stereocenters. The lowest BCUT2D eigenvalue weighted by Gasteiger charge is -1.94. The first kappa shape index (κ1) is 12.4. The fourth-order valence-electron chi connectivity index (χ4n) is 1.03. The smallest absolute Gasteiger partial charge is 0.411 e. The highest BCUT2D eigenvalue weighted by Crippen LogP contribution is 2.12. The number of rotatable bonds is 3. The van der Waals surface area contributed by atoms with E-state index < -0.39 is 16.9 Å². The molecule has 0 aliphatic carbocycles. The van der Waals surface area contributed by atoms with Crippen LogP contribution in [-0.2, 0) is 4.79 Å². The Balaban J connectivity index is 2.69. The molecule has 2 N–H and O–H groups in total. The van der Waals surface area contributed by atoms with Crippen LogP contribution in [0.25, 0.3) is 6.08 Å². The molecule has 1 rings (SSSR count). The van der Waals surface area contributed by atoms with Crippen LogP contribution in [0.3, 0.4) is 0 Å². The van der Waals surface area contributed by atoms with Gasteiger partial charge in [-0.15, -0.1) is 0 Å². The standard InChI is InChI=1S/C10H8N2O5/c13-9(11-10(14)15)6-3-7-1-4-8(5-2-7)12(16)17/h1-6H,(H,11,13)(H,14,15). The number of carbonyl (C=O) groups excluding carboxylic acids is 1. The zero-order valence-corrected chi connectivity index (χ0v) is 8.49. The molecule has 0 fully saturated rings. The zero-order valence-electron chi connectivity index (χ0n) is 8.49. The monoisotopic (exact) mass is 236 g/mol. The first-order chi connectivity index (χ1) is 7.99. The largest absolute Gasteiger partial charge is 0.465 e. The minimum absolute atomic E-state index is 0.0582. The zero-order chi connectivity index (χ0) is 12.8. The van der Waals surface area contributed by atoms with E-state index in [4.69, 9.17) is 5.11 Å². The van der Waals surface area contributed by atoms with Crippen molar-refractivity contribution in [2.75, 3.05) is 0 Å². The third-order valence-electron chi connectivity index (χ3n) is 1.76. The minimum atomic E-state index is -1.44. The summed E-state index contributed by atoms with van der Waals surface area (Å²) >= 11 is 0. The Morgan fingerprint density at radius 2 is 1.88 bits per heavy atom. The number of carbonyl (C=O) groups is 2. The van der Waals surface area contributed by atoms with Gasteiger partial charge in [0.15, 0.2) is 0 Å². The van der Waals surface area contributed by atoms with Gasteiger partial charge in [-0.25, -0.2) is 4.79 Å². The van der Waals surface area contributed by atoms with Gasteiger partial charge >= 0.3 is 6.09 Å². The van der Waals surface area contributed by atoms with E-state index in [0.29, 0.717) is 5.56 Å². The molecular formula is C10H8N2O5. The molecular weight excluding hydrogens is 228 g/mol. The molecule has 0 bridgehead atoms. The first-order valence-corrected chi connectivity index (χ1v) is 4.45. The number of nitrogens with one attached hydrogen (secondary N) is 1. The summed E-state index contributed by atoms with van der Waals surface area (Å²) < 4.78 is 0. The summed E-state index contributed by atoms with van der Waals surface area (Å²) in [4.78, 5) is 30.8. The van der Waals surface area contributed by atoms with Gasteiger partial charge in [-0.05, 0) is 23.8 Å². The quantitative estimate of drug-likeness (QED) is 0.468. The molecule has 0 saturated carbocycles. The molecule has 7 heteroatoms. The van der Waals surface area contributed by atoms with Gasteiger partial charge in [-0.1, -0.05) is 0 Å². The number of carboxylic acid groups (broad SMARTS) is 1. The van der Waals surface area contributed by atoms with Crippen molar-refractivity contribution in [1.82, 2.24) is 5.32 Å². The lowest BCUT2D eigenvalue weighted by atomic mass is 10.2. The molecule has 1 aromatic carbocycles. The summed E-state index contributed by atoms with van der Waals surface area (Å²) in [6.07, 6.45) is 0.931. The Morgan fingerprint density at radius 3 is 2.35 bits per heavy atom. The van der Waals surface area contributed by atoms with Crippen LogP contribution in [0.1, 0.15) is 5.56 Å². The Kier molecular flexibility index (Phi) is 3.93. The van der Waals surface area contributed by atoms with Crippen LogP contribution >= 0.6 is 0 Å². The molecule has 1 aromatic rings. The molecule has 0 unspecified atom stereocenters. The van der Waals surface area contributed by atoms with E-state index >= 15 is 0 Å². The van der Waals surface area contributed by atoms with Gasteiger partial charge in [-0.2, -0.15) is 0 Å². The van der Waals surface area contributed by atoms with E-state index in [1.54, 1.807) is 5.32 Å². The number of imide groups is 1. The van der Waals surface area contributed by atoms with Crippen LogP contribution in [0.2, 0.25) is 0 Å². The Labute approximate surface area is 95.5 Å². The maximum atomic E-state index is 10.9. The number of nitro benzene ring substituents is 1. The predicted molar refractivity (Wildman–Crippen MR) is 58.3 cm³/mol.